The van der Waals surface area contributed by atoms with Crippen molar-refractivity contribution in [2.24, 2.45) is 0 Å². The molecule has 1 aromatic heterocycles. The summed E-state index contributed by atoms with van der Waals surface area (Å²) in [7, 11) is 0. The van der Waals surface area contributed by atoms with Crippen LogP contribution in [0.2, 0.25) is 5.02 Å². The van der Waals surface area contributed by atoms with Crippen molar-refractivity contribution in [1.29, 1.82) is 0 Å². The summed E-state index contributed by atoms with van der Waals surface area (Å²) in [6.45, 7) is 5.23. The lowest BCUT2D eigenvalue weighted by atomic mass is 10.1. The Morgan fingerprint density at radius 3 is 2.75 bits per heavy atom. The van der Waals surface area contributed by atoms with E-state index in [2.05, 4.69) is 41.2 Å². The molecule has 1 atom stereocenters. The molecule has 1 fully saturated rings. The Hall–Kier alpha value is -0.900. The van der Waals surface area contributed by atoms with Crippen LogP contribution < -0.4 is 0 Å². The highest BCUT2D eigenvalue weighted by Gasteiger charge is 2.33. The molecule has 3 rings (SSSR count). The number of hydrogen-bond donors (Lipinski definition) is 0. The molecular formula is C16H19ClN2S. The predicted molar refractivity (Wildman–Crippen MR) is 85.3 cm³/mol. The molecule has 20 heavy (non-hydrogen) atoms. The minimum absolute atomic E-state index is 0.334. The van der Waals surface area contributed by atoms with Gasteiger partial charge in [-0.1, -0.05) is 29.8 Å². The molecule has 1 aliphatic carbocycles. The maximum absolute atomic E-state index is 6.36. The van der Waals surface area contributed by atoms with Gasteiger partial charge in [0, 0.05) is 28.2 Å². The zero-order valence-corrected chi connectivity index (χ0v) is 13.4. The van der Waals surface area contributed by atoms with Crippen molar-refractivity contribution in [2.45, 2.75) is 45.3 Å². The van der Waals surface area contributed by atoms with Crippen LogP contribution in [0.15, 0.2) is 29.6 Å². The summed E-state index contributed by atoms with van der Waals surface area (Å²) >= 11 is 8.11. The molecule has 1 aromatic carbocycles. The van der Waals surface area contributed by atoms with Crippen molar-refractivity contribution in [3.63, 3.8) is 0 Å². The van der Waals surface area contributed by atoms with Crippen LogP contribution in [0.4, 0.5) is 0 Å². The fourth-order valence-electron chi connectivity index (χ4n) is 2.61. The van der Waals surface area contributed by atoms with Gasteiger partial charge in [-0.05, 0) is 38.3 Å². The average Bonchev–Trinajstić information content (AvgIpc) is 3.19. The molecule has 106 valence electrons. The minimum atomic E-state index is 0.334. The third kappa shape index (κ3) is 3.05. The predicted octanol–water partition coefficient (Wildman–Crippen LogP) is 4.83. The standard InChI is InChI=1S/C16H19ClN2S/c1-11-10-20-16(18-11)9-19(13-7-8-13)12(2)14-5-3-4-6-15(14)17/h3-6,10,12-13H,7-9H2,1-2H3. The summed E-state index contributed by atoms with van der Waals surface area (Å²) in [5, 5.41) is 4.19. The maximum atomic E-state index is 6.36. The fraction of sp³-hybridized carbons (Fsp3) is 0.438. The van der Waals surface area contributed by atoms with Gasteiger partial charge < -0.3 is 0 Å². The van der Waals surface area contributed by atoms with Gasteiger partial charge in [0.1, 0.15) is 5.01 Å². The van der Waals surface area contributed by atoms with Crippen molar-refractivity contribution < 1.29 is 0 Å². The minimum Gasteiger partial charge on any atom is -0.287 e. The Kier molecular flexibility index (Phi) is 4.11. The van der Waals surface area contributed by atoms with Gasteiger partial charge in [-0.3, -0.25) is 4.90 Å². The number of aryl methyl sites for hydroxylation is 1. The first-order valence-corrected chi connectivity index (χ1v) is 8.32. The molecule has 0 bridgehead atoms. The van der Waals surface area contributed by atoms with E-state index in [1.54, 1.807) is 11.3 Å². The van der Waals surface area contributed by atoms with Crippen LogP contribution in [0.5, 0.6) is 0 Å². The second kappa shape index (κ2) is 5.84. The Morgan fingerprint density at radius 1 is 1.40 bits per heavy atom. The van der Waals surface area contributed by atoms with Crippen LogP contribution in [0.1, 0.15) is 42.1 Å². The Morgan fingerprint density at radius 2 is 2.15 bits per heavy atom. The zero-order chi connectivity index (χ0) is 14.1. The van der Waals surface area contributed by atoms with Gasteiger partial charge in [0.25, 0.3) is 0 Å². The fourth-order valence-corrected chi connectivity index (χ4v) is 3.69. The topological polar surface area (TPSA) is 16.1 Å². The van der Waals surface area contributed by atoms with Crippen LogP contribution in [0.3, 0.4) is 0 Å². The van der Waals surface area contributed by atoms with Crippen LogP contribution in [0.25, 0.3) is 0 Å². The molecular weight excluding hydrogens is 288 g/mol. The largest absolute Gasteiger partial charge is 0.287 e. The first kappa shape index (κ1) is 14.1. The highest BCUT2D eigenvalue weighted by molar-refractivity contribution is 7.09. The zero-order valence-electron chi connectivity index (χ0n) is 11.8. The smallest absolute Gasteiger partial charge is 0.107 e. The van der Waals surface area contributed by atoms with Crippen molar-refractivity contribution in [3.8, 4) is 0 Å². The number of benzene rings is 1. The maximum Gasteiger partial charge on any atom is 0.107 e. The number of rotatable bonds is 5. The number of halogens is 1. The van der Waals surface area contributed by atoms with E-state index in [4.69, 9.17) is 11.6 Å². The average molecular weight is 307 g/mol. The second-order valence-corrected chi connectivity index (χ2v) is 6.83. The molecule has 0 amide bonds. The van der Waals surface area contributed by atoms with Gasteiger partial charge >= 0.3 is 0 Å². The Bertz CT molecular complexity index is 592. The third-order valence-corrected chi connectivity index (χ3v) is 5.15. The molecule has 1 aliphatic rings. The first-order chi connectivity index (χ1) is 9.65. The van der Waals surface area contributed by atoms with Crippen LogP contribution in [-0.4, -0.2) is 15.9 Å². The van der Waals surface area contributed by atoms with E-state index in [0.29, 0.717) is 12.1 Å². The normalized spacial score (nSPS) is 16.6. The summed E-state index contributed by atoms with van der Waals surface area (Å²) in [5.74, 6) is 0. The molecule has 1 heterocycles. The third-order valence-electron chi connectivity index (χ3n) is 3.85. The number of thiazole rings is 1. The van der Waals surface area contributed by atoms with Crippen LogP contribution in [0, 0.1) is 6.92 Å². The van der Waals surface area contributed by atoms with E-state index in [0.717, 1.165) is 17.3 Å². The SMILES string of the molecule is Cc1csc(CN(C2CC2)C(C)c2ccccc2Cl)n1. The Labute approximate surface area is 129 Å². The van der Waals surface area contributed by atoms with Gasteiger partial charge in [-0.2, -0.15) is 0 Å². The molecule has 0 aliphatic heterocycles. The highest BCUT2D eigenvalue weighted by atomic mass is 35.5. The van der Waals surface area contributed by atoms with Crippen molar-refractivity contribution in [3.05, 3.63) is 50.9 Å². The van der Waals surface area contributed by atoms with E-state index in [-0.39, 0.29) is 0 Å². The lowest BCUT2D eigenvalue weighted by Crippen LogP contribution is -2.29. The summed E-state index contributed by atoms with van der Waals surface area (Å²) in [6.07, 6.45) is 2.58. The lowest BCUT2D eigenvalue weighted by Gasteiger charge is -2.29. The molecule has 1 unspecified atom stereocenters. The van der Waals surface area contributed by atoms with E-state index < -0.39 is 0 Å². The second-order valence-electron chi connectivity index (χ2n) is 5.48. The highest BCUT2D eigenvalue weighted by Crippen LogP contribution is 2.37. The van der Waals surface area contributed by atoms with Gasteiger partial charge in [0.15, 0.2) is 0 Å². The van der Waals surface area contributed by atoms with Crippen LogP contribution >= 0.6 is 22.9 Å². The van der Waals surface area contributed by atoms with Crippen molar-refractivity contribution in [1.82, 2.24) is 9.88 Å². The van der Waals surface area contributed by atoms with E-state index in [9.17, 15) is 0 Å². The molecule has 2 nitrogen and oxygen atoms in total. The number of nitrogens with zero attached hydrogens (tertiary/aromatic N) is 2. The quantitative estimate of drug-likeness (QED) is 0.786. The van der Waals surface area contributed by atoms with Gasteiger partial charge in [-0.25, -0.2) is 4.98 Å². The summed E-state index contributed by atoms with van der Waals surface area (Å²) in [6, 6.07) is 9.19. The van der Waals surface area contributed by atoms with Gasteiger partial charge in [0.2, 0.25) is 0 Å². The molecule has 2 aromatic rings. The lowest BCUT2D eigenvalue weighted by molar-refractivity contribution is 0.190. The van der Waals surface area contributed by atoms with Crippen molar-refractivity contribution >= 4 is 22.9 Å². The number of aromatic nitrogens is 1. The Balaban J connectivity index is 1.81. The van der Waals surface area contributed by atoms with E-state index in [1.807, 2.05) is 12.1 Å². The molecule has 0 spiro atoms. The molecule has 4 heteroatoms. The van der Waals surface area contributed by atoms with Crippen molar-refractivity contribution in [2.75, 3.05) is 0 Å². The summed E-state index contributed by atoms with van der Waals surface area (Å²) in [5.41, 5.74) is 2.33. The van der Waals surface area contributed by atoms with Gasteiger partial charge in [-0.15, -0.1) is 11.3 Å². The molecule has 1 saturated carbocycles. The summed E-state index contributed by atoms with van der Waals surface area (Å²) < 4.78 is 0. The van der Waals surface area contributed by atoms with E-state index in [1.165, 1.54) is 23.4 Å². The first-order valence-electron chi connectivity index (χ1n) is 7.06. The van der Waals surface area contributed by atoms with E-state index >= 15 is 0 Å². The van der Waals surface area contributed by atoms with Crippen LogP contribution in [-0.2, 0) is 6.54 Å². The molecule has 0 radical (unpaired) electrons. The summed E-state index contributed by atoms with van der Waals surface area (Å²) in [4.78, 5) is 7.14. The molecule has 0 N–H and O–H groups in total. The monoisotopic (exact) mass is 306 g/mol. The van der Waals surface area contributed by atoms with Gasteiger partial charge in [0.05, 0.1) is 6.54 Å². The molecule has 0 saturated heterocycles. The number of hydrogen-bond acceptors (Lipinski definition) is 3.